The minimum absolute atomic E-state index is 0.277. The lowest BCUT2D eigenvalue weighted by atomic mass is 10.2. The van der Waals surface area contributed by atoms with E-state index in [0.717, 1.165) is 24.2 Å². The maximum atomic E-state index is 11.3. The predicted octanol–water partition coefficient (Wildman–Crippen LogP) is 4.05. The van der Waals surface area contributed by atoms with Gasteiger partial charge in [0.1, 0.15) is 15.6 Å². The second-order valence-corrected chi connectivity index (χ2v) is 6.04. The number of rotatable bonds is 4. The van der Waals surface area contributed by atoms with Crippen LogP contribution in [0.4, 0.5) is 0 Å². The normalized spacial score (nSPS) is 14.3. The summed E-state index contributed by atoms with van der Waals surface area (Å²) in [5.74, 6) is -0.0493. The van der Waals surface area contributed by atoms with Gasteiger partial charge in [-0.25, -0.2) is 9.78 Å². The van der Waals surface area contributed by atoms with Gasteiger partial charge in [-0.1, -0.05) is 17.7 Å². The molecular formula is C14H12ClNO3S. The molecule has 1 aliphatic rings. The van der Waals surface area contributed by atoms with Crippen molar-refractivity contribution in [2.75, 3.05) is 7.11 Å². The van der Waals surface area contributed by atoms with Crippen LogP contribution in [0.2, 0.25) is 5.02 Å². The van der Waals surface area contributed by atoms with Gasteiger partial charge in [0.2, 0.25) is 0 Å². The Kier molecular flexibility index (Phi) is 3.40. The fourth-order valence-corrected chi connectivity index (χ4v) is 3.47. The van der Waals surface area contributed by atoms with Crippen LogP contribution in [0.25, 0.3) is 10.6 Å². The van der Waals surface area contributed by atoms with Gasteiger partial charge in [-0.15, -0.1) is 11.3 Å². The van der Waals surface area contributed by atoms with Crippen LogP contribution in [0, 0.1) is 0 Å². The fraction of sp³-hybridized carbons (Fsp3) is 0.286. The molecule has 3 rings (SSSR count). The Labute approximate surface area is 125 Å². The summed E-state index contributed by atoms with van der Waals surface area (Å²) in [7, 11) is 1.56. The molecule has 0 bridgehead atoms. The molecule has 20 heavy (non-hydrogen) atoms. The van der Waals surface area contributed by atoms with E-state index >= 15 is 0 Å². The largest absolute Gasteiger partial charge is 0.496 e. The lowest BCUT2D eigenvalue weighted by Gasteiger charge is -2.07. The molecule has 0 saturated heterocycles. The first kappa shape index (κ1) is 13.4. The molecule has 0 spiro atoms. The van der Waals surface area contributed by atoms with Gasteiger partial charge in [0.15, 0.2) is 0 Å². The van der Waals surface area contributed by atoms with Gasteiger partial charge in [0.25, 0.3) is 0 Å². The average molecular weight is 310 g/mol. The third-order valence-electron chi connectivity index (χ3n) is 3.22. The van der Waals surface area contributed by atoms with E-state index in [-0.39, 0.29) is 5.92 Å². The van der Waals surface area contributed by atoms with Crippen molar-refractivity contribution < 1.29 is 14.6 Å². The van der Waals surface area contributed by atoms with Gasteiger partial charge in [-0.2, -0.15) is 0 Å². The molecule has 0 atom stereocenters. The quantitative estimate of drug-likeness (QED) is 0.925. The number of thiazole rings is 1. The summed E-state index contributed by atoms with van der Waals surface area (Å²) in [6.07, 6.45) is 2.01. The molecule has 1 aromatic carbocycles. The number of hydrogen-bond acceptors (Lipinski definition) is 4. The summed E-state index contributed by atoms with van der Waals surface area (Å²) in [5.41, 5.74) is 1.34. The van der Waals surface area contributed by atoms with Crippen LogP contribution in [0.1, 0.15) is 34.1 Å². The maximum Gasteiger partial charge on any atom is 0.347 e. The molecule has 4 nitrogen and oxygen atoms in total. The monoisotopic (exact) mass is 309 g/mol. The van der Waals surface area contributed by atoms with Gasteiger partial charge >= 0.3 is 5.97 Å². The van der Waals surface area contributed by atoms with Crippen molar-refractivity contribution >= 4 is 28.9 Å². The molecule has 2 aromatic rings. The average Bonchev–Trinajstić information content (AvgIpc) is 3.17. The van der Waals surface area contributed by atoms with Gasteiger partial charge in [-0.3, -0.25) is 0 Å². The highest BCUT2D eigenvalue weighted by Crippen LogP contribution is 2.46. The summed E-state index contributed by atoms with van der Waals surface area (Å²) < 4.78 is 5.30. The molecule has 0 unspecified atom stereocenters. The number of benzene rings is 1. The zero-order valence-electron chi connectivity index (χ0n) is 10.7. The Hall–Kier alpha value is -1.59. The van der Waals surface area contributed by atoms with Crippen LogP contribution in [0.3, 0.4) is 0 Å². The Bertz CT molecular complexity index is 679. The second-order valence-electron chi connectivity index (χ2n) is 4.63. The molecule has 1 N–H and O–H groups in total. The molecule has 0 radical (unpaired) electrons. The van der Waals surface area contributed by atoms with Crippen LogP contribution in [-0.2, 0) is 0 Å². The van der Waals surface area contributed by atoms with Crippen molar-refractivity contribution in [1.29, 1.82) is 0 Å². The van der Waals surface area contributed by atoms with Crippen molar-refractivity contribution in [2.45, 2.75) is 18.8 Å². The number of methoxy groups -OCH3 is 1. The maximum absolute atomic E-state index is 11.3. The highest BCUT2D eigenvalue weighted by atomic mass is 35.5. The minimum atomic E-state index is -0.929. The van der Waals surface area contributed by atoms with E-state index in [0.29, 0.717) is 31.9 Å². The van der Waals surface area contributed by atoms with E-state index in [4.69, 9.17) is 16.3 Å². The van der Waals surface area contributed by atoms with E-state index in [1.165, 1.54) is 0 Å². The molecule has 0 aliphatic heterocycles. The van der Waals surface area contributed by atoms with Gasteiger partial charge in [0.05, 0.1) is 23.4 Å². The lowest BCUT2D eigenvalue weighted by molar-refractivity contribution is 0.0700. The summed E-state index contributed by atoms with van der Waals surface area (Å²) in [6.45, 7) is 0. The molecule has 0 amide bonds. The highest BCUT2D eigenvalue weighted by molar-refractivity contribution is 7.17. The Balaban J connectivity index is 2.16. The highest BCUT2D eigenvalue weighted by Gasteiger charge is 2.33. The number of carboxylic acids is 1. The number of nitrogens with zero attached hydrogens (tertiary/aromatic N) is 1. The molecule has 1 heterocycles. The number of carboxylic acid groups (broad SMARTS) is 1. The zero-order valence-corrected chi connectivity index (χ0v) is 12.3. The number of carbonyl (C=O) groups is 1. The first-order valence-corrected chi connectivity index (χ1v) is 7.38. The van der Waals surface area contributed by atoms with Crippen molar-refractivity contribution in [3.8, 4) is 16.3 Å². The lowest BCUT2D eigenvalue weighted by Crippen LogP contribution is -1.97. The Morgan fingerprint density at radius 3 is 2.85 bits per heavy atom. The van der Waals surface area contributed by atoms with Crippen LogP contribution >= 0.6 is 22.9 Å². The summed E-state index contributed by atoms with van der Waals surface area (Å²) in [5, 5.41) is 10.4. The van der Waals surface area contributed by atoms with Gasteiger partial charge in [-0.05, 0) is 25.0 Å². The van der Waals surface area contributed by atoms with Crippen molar-refractivity contribution in [3.63, 3.8) is 0 Å². The summed E-state index contributed by atoms with van der Waals surface area (Å²) in [6, 6.07) is 5.33. The topological polar surface area (TPSA) is 59.4 Å². The molecule has 1 aliphatic carbocycles. The summed E-state index contributed by atoms with van der Waals surface area (Å²) in [4.78, 5) is 16.2. The van der Waals surface area contributed by atoms with Crippen LogP contribution in [0.5, 0.6) is 5.75 Å². The molecule has 1 fully saturated rings. The smallest absolute Gasteiger partial charge is 0.347 e. The number of aromatic carboxylic acids is 1. The van der Waals surface area contributed by atoms with Crippen LogP contribution in [-0.4, -0.2) is 23.2 Å². The van der Waals surface area contributed by atoms with E-state index in [2.05, 4.69) is 4.98 Å². The number of hydrogen-bond donors (Lipinski definition) is 1. The summed E-state index contributed by atoms with van der Waals surface area (Å²) >= 11 is 7.38. The number of ether oxygens (including phenoxy) is 1. The van der Waals surface area contributed by atoms with Gasteiger partial charge < -0.3 is 9.84 Å². The van der Waals surface area contributed by atoms with E-state index in [1.54, 1.807) is 25.3 Å². The Morgan fingerprint density at radius 2 is 2.25 bits per heavy atom. The Morgan fingerprint density at radius 1 is 1.50 bits per heavy atom. The second kappa shape index (κ2) is 5.07. The van der Waals surface area contributed by atoms with Gasteiger partial charge in [0, 0.05) is 5.92 Å². The zero-order chi connectivity index (χ0) is 14.3. The van der Waals surface area contributed by atoms with Crippen molar-refractivity contribution in [3.05, 3.63) is 33.8 Å². The van der Waals surface area contributed by atoms with E-state index in [1.807, 2.05) is 0 Å². The predicted molar refractivity (Wildman–Crippen MR) is 78.0 cm³/mol. The van der Waals surface area contributed by atoms with E-state index in [9.17, 15) is 9.90 Å². The molecule has 1 saturated carbocycles. The van der Waals surface area contributed by atoms with Crippen LogP contribution < -0.4 is 4.74 Å². The fourth-order valence-electron chi connectivity index (χ4n) is 2.11. The van der Waals surface area contributed by atoms with E-state index < -0.39 is 5.97 Å². The molecular weight excluding hydrogens is 298 g/mol. The van der Waals surface area contributed by atoms with Crippen LogP contribution in [0.15, 0.2) is 18.2 Å². The SMILES string of the molecule is COc1cccc(Cl)c1-c1nc(C2CC2)c(C(=O)O)s1. The molecule has 6 heteroatoms. The number of aromatic nitrogens is 1. The minimum Gasteiger partial charge on any atom is -0.496 e. The van der Waals surface area contributed by atoms with Crippen molar-refractivity contribution in [2.24, 2.45) is 0 Å². The molecule has 104 valence electrons. The third-order valence-corrected chi connectivity index (χ3v) is 4.61. The number of halogens is 1. The standard InChI is InChI=1S/C14H12ClNO3S/c1-19-9-4-2-3-8(15)10(9)13-16-11(7-5-6-7)12(20-13)14(17)18/h2-4,7H,5-6H2,1H3,(H,17,18). The molecule has 1 aromatic heterocycles. The van der Waals surface area contributed by atoms with Crippen molar-refractivity contribution in [1.82, 2.24) is 4.98 Å². The first-order chi connectivity index (χ1) is 9.61. The first-order valence-electron chi connectivity index (χ1n) is 6.18. The third kappa shape index (κ3) is 2.27.